The van der Waals surface area contributed by atoms with Gasteiger partial charge in [0, 0.05) is 24.9 Å². The first-order valence-electron chi connectivity index (χ1n) is 7.44. The van der Waals surface area contributed by atoms with Crippen molar-refractivity contribution < 1.29 is 18.8 Å². The lowest BCUT2D eigenvalue weighted by Crippen LogP contribution is -2.37. The average molecular weight is 320 g/mol. The molecule has 8 heteroatoms. The molecule has 1 fully saturated rings. The van der Waals surface area contributed by atoms with Gasteiger partial charge in [-0.25, -0.2) is 0 Å². The number of hydrogen-bond acceptors (Lipinski definition) is 6. The summed E-state index contributed by atoms with van der Waals surface area (Å²) in [6.45, 7) is 4.53. The molecule has 1 N–H and O–H groups in total. The van der Waals surface area contributed by atoms with E-state index in [0.29, 0.717) is 6.61 Å². The fraction of sp³-hybridized carbons (Fsp3) is 0.533. The van der Waals surface area contributed by atoms with Gasteiger partial charge in [0.15, 0.2) is 0 Å². The summed E-state index contributed by atoms with van der Waals surface area (Å²) < 4.78 is 17.6. The van der Waals surface area contributed by atoms with Crippen LogP contribution < -0.4 is 10.1 Å². The Morgan fingerprint density at radius 3 is 2.87 bits per heavy atom. The fourth-order valence-corrected chi connectivity index (χ4v) is 2.93. The van der Waals surface area contributed by atoms with Crippen LogP contribution in [0.2, 0.25) is 0 Å². The Balaban J connectivity index is 1.78. The van der Waals surface area contributed by atoms with E-state index in [0.717, 1.165) is 23.4 Å². The number of hydrogen-bond donors (Lipinski definition) is 1. The van der Waals surface area contributed by atoms with Crippen molar-refractivity contribution in [2.75, 3.05) is 13.7 Å². The van der Waals surface area contributed by atoms with Gasteiger partial charge in [-0.3, -0.25) is 9.48 Å². The number of methoxy groups -OCH3 is 1. The minimum Gasteiger partial charge on any atom is -0.479 e. The average Bonchev–Trinajstić information content (AvgIpc) is 3.21. The summed E-state index contributed by atoms with van der Waals surface area (Å²) in [5, 5.41) is 11.0. The van der Waals surface area contributed by atoms with Gasteiger partial charge in [0.1, 0.15) is 6.10 Å². The van der Waals surface area contributed by atoms with E-state index in [1.807, 2.05) is 25.6 Å². The normalized spacial score (nSPS) is 20.7. The first-order valence-corrected chi connectivity index (χ1v) is 7.44. The molecule has 0 saturated carbocycles. The van der Waals surface area contributed by atoms with Gasteiger partial charge in [-0.05, 0) is 25.4 Å². The molecule has 0 unspecified atom stereocenters. The smallest absolute Gasteiger partial charge is 0.290 e. The molecule has 2 aromatic rings. The van der Waals surface area contributed by atoms with Gasteiger partial charge >= 0.3 is 0 Å². The summed E-state index contributed by atoms with van der Waals surface area (Å²) in [7, 11) is 3.36. The Bertz CT molecular complexity index is 721. The van der Waals surface area contributed by atoms with Crippen LogP contribution in [0.3, 0.4) is 0 Å². The van der Waals surface area contributed by atoms with E-state index in [1.54, 1.807) is 0 Å². The lowest BCUT2D eigenvalue weighted by Gasteiger charge is -2.20. The Morgan fingerprint density at radius 1 is 1.48 bits per heavy atom. The van der Waals surface area contributed by atoms with Crippen LogP contribution in [-0.4, -0.2) is 40.6 Å². The van der Waals surface area contributed by atoms with Crippen molar-refractivity contribution >= 4 is 5.91 Å². The first kappa shape index (κ1) is 15.5. The lowest BCUT2D eigenvalue weighted by atomic mass is 10.00. The maximum absolute atomic E-state index is 12.3. The first-order chi connectivity index (χ1) is 11.0. The van der Waals surface area contributed by atoms with Crippen molar-refractivity contribution in [3.63, 3.8) is 0 Å². The summed E-state index contributed by atoms with van der Waals surface area (Å²) in [5.74, 6) is 0.0564. The molecule has 1 amide bonds. The molecule has 8 nitrogen and oxygen atoms in total. The molecular formula is C15H20N4O4. The summed E-state index contributed by atoms with van der Waals surface area (Å²) in [4.78, 5) is 12.3. The van der Waals surface area contributed by atoms with Crippen LogP contribution in [0.15, 0.2) is 10.6 Å². The molecule has 1 aliphatic rings. The zero-order chi connectivity index (χ0) is 16.6. The van der Waals surface area contributed by atoms with Crippen LogP contribution >= 0.6 is 0 Å². The van der Waals surface area contributed by atoms with Crippen LogP contribution in [0.25, 0.3) is 0 Å². The van der Waals surface area contributed by atoms with Crippen LogP contribution in [0.4, 0.5) is 0 Å². The zero-order valence-electron chi connectivity index (χ0n) is 13.6. The summed E-state index contributed by atoms with van der Waals surface area (Å²) >= 11 is 0. The third-order valence-corrected chi connectivity index (χ3v) is 4.18. The molecule has 0 spiro atoms. The van der Waals surface area contributed by atoms with E-state index in [-0.39, 0.29) is 29.7 Å². The number of amides is 1. The van der Waals surface area contributed by atoms with E-state index < -0.39 is 0 Å². The Hall–Kier alpha value is -2.35. The van der Waals surface area contributed by atoms with Gasteiger partial charge in [-0.1, -0.05) is 0 Å². The summed E-state index contributed by atoms with van der Waals surface area (Å²) in [6.07, 6.45) is 0.521. The number of aromatic nitrogens is 3. The van der Waals surface area contributed by atoms with Crippen molar-refractivity contribution in [2.24, 2.45) is 7.05 Å². The summed E-state index contributed by atoms with van der Waals surface area (Å²) in [5.41, 5.74) is 2.98. The number of carbonyl (C=O) groups excluding carboxylic acids is 1. The molecule has 0 radical (unpaired) electrons. The van der Waals surface area contributed by atoms with Gasteiger partial charge in [0.2, 0.25) is 5.76 Å². The molecule has 0 bridgehead atoms. The number of ether oxygens (including phenoxy) is 2. The van der Waals surface area contributed by atoms with Crippen molar-refractivity contribution in [3.8, 4) is 5.88 Å². The molecule has 1 aliphatic heterocycles. The molecule has 124 valence electrons. The number of carbonyl (C=O) groups is 1. The van der Waals surface area contributed by atoms with Crippen LogP contribution in [0.5, 0.6) is 5.88 Å². The van der Waals surface area contributed by atoms with Crippen molar-refractivity contribution in [2.45, 2.75) is 32.4 Å². The van der Waals surface area contributed by atoms with Gasteiger partial charge in [0.25, 0.3) is 11.8 Å². The van der Waals surface area contributed by atoms with E-state index >= 15 is 0 Å². The van der Waals surface area contributed by atoms with Gasteiger partial charge in [-0.2, -0.15) is 5.10 Å². The molecule has 2 atom stereocenters. The molecule has 1 saturated heterocycles. The molecule has 2 aromatic heterocycles. The SMILES string of the molecule is COc1cc(C(=O)N[C@H]2CCO[C@@H]2c2c(C)nn(C)c2C)on1. The number of nitrogens with one attached hydrogen (secondary N) is 1. The minimum absolute atomic E-state index is 0.118. The standard InChI is InChI=1S/C15H20N4O4/c1-8-13(9(2)19(3)17-8)14-10(5-6-22-14)16-15(20)11-7-12(21-4)18-23-11/h7,10,14H,5-6H2,1-4H3,(H,16,20)/t10-,14-/m0/s1. The maximum Gasteiger partial charge on any atom is 0.290 e. The Morgan fingerprint density at radius 2 is 2.26 bits per heavy atom. The molecule has 0 aromatic carbocycles. The highest BCUT2D eigenvalue weighted by molar-refractivity contribution is 5.91. The second-order valence-corrected chi connectivity index (χ2v) is 5.60. The predicted octanol–water partition coefficient (Wildman–Crippen LogP) is 1.29. The number of rotatable bonds is 4. The maximum atomic E-state index is 12.3. The highest BCUT2D eigenvalue weighted by Crippen LogP contribution is 2.33. The highest BCUT2D eigenvalue weighted by atomic mass is 16.5. The van der Waals surface area contributed by atoms with E-state index in [9.17, 15) is 4.79 Å². The van der Waals surface area contributed by atoms with E-state index in [1.165, 1.54) is 13.2 Å². The minimum atomic E-state index is -0.333. The second kappa shape index (κ2) is 6.04. The lowest BCUT2D eigenvalue weighted by molar-refractivity contribution is 0.0791. The van der Waals surface area contributed by atoms with Crippen molar-refractivity contribution in [1.82, 2.24) is 20.3 Å². The molecule has 3 rings (SSSR count). The van der Waals surface area contributed by atoms with Gasteiger partial charge in [0.05, 0.1) is 24.9 Å². The number of nitrogens with zero attached hydrogens (tertiary/aromatic N) is 3. The molecule has 3 heterocycles. The van der Waals surface area contributed by atoms with Crippen molar-refractivity contribution in [3.05, 3.63) is 28.8 Å². The van der Waals surface area contributed by atoms with Gasteiger partial charge < -0.3 is 19.3 Å². The Kier molecular flexibility index (Phi) is 4.08. The Labute approximate surface area is 133 Å². The van der Waals surface area contributed by atoms with E-state index in [4.69, 9.17) is 14.0 Å². The predicted molar refractivity (Wildman–Crippen MR) is 80.3 cm³/mol. The quantitative estimate of drug-likeness (QED) is 0.913. The zero-order valence-corrected chi connectivity index (χ0v) is 13.6. The largest absolute Gasteiger partial charge is 0.479 e. The van der Waals surface area contributed by atoms with E-state index in [2.05, 4.69) is 15.6 Å². The van der Waals surface area contributed by atoms with Crippen molar-refractivity contribution in [1.29, 1.82) is 0 Å². The van der Waals surface area contributed by atoms with Crippen LogP contribution in [0.1, 0.15) is 40.0 Å². The van der Waals surface area contributed by atoms with Gasteiger partial charge in [-0.15, -0.1) is 0 Å². The third kappa shape index (κ3) is 2.81. The topological polar surface area (TPSA) is 91.4 Å². The fourth-order valence-electron chi connectivity index (χ4n) is 2.93. The molecule has 0 aliphatic carbocycles. The number of aryl methyl sites for hydroxylation is 2. The molecule has 23 heavy (non-hydrogen) atoms. The second-order valence-electron chi connectivity index (χ2n) is 5.60. The highest BCUT2D eigenvalue weighted by Gasteiger charge is 2.35. The van der Waals surface area contributed by atoms with Crippen LogP contribution in [-0.2, 0) is 11.8 Å². The molecular weight excluding hydrogens is 300 g/mol. The summed E-state index contributed by atoms with van der Waals surface area (Å²) in [6, 6.07) is 1.32. The third-order valence-electron chi connectivity index (χ3n) is 4.18. The monoisotopic (exact) mass is 320 g/mol. The van der Waals surface area contributed by atoms with Crippen LogP contribution in [0, 0.1) is 13.8 Å².